The van der Waals surface area contributed by atoms with Gasteiger partial charge >= 0.3 is 0 Å². The highest BCUT2D eigenvalue weighted by atomic mass is 19.2. The molecule has 0 amide bonds. The van der Waals surface area contributed by atoms with Crippen molar-refractivity contribution in [3.05, 3.63) is 29.3 Å². The Hall–Kier alpha value is -1.16. The number of benzene rings is 1. The zero-order chi connectivity index (χ0) is 23.9. The topological polar surface area (TPSA) is 18.5 Å². The maximum atomic E-state index is 14.7. The van der Waals surface area contributed by atoms with E-state index in [2.05, 4.69) is 6.92 Å². The van der Waals surface area contributed by atoms with Crippen LogP contribution in [0.2, 0.25) is 0 Å². The van der Waals surface area contributed by atoms with Gasteiger partial charge in [-0.15, -0.1) is 0 Å². The summed E-state index contributed by atoms with van der Waals surface area (Å²) in [6, 6.07) is 3.33. The molecule has 1 aromatic rings. The molecule has 0 bridgehead atoms. The third-order valence-electron chi connectivity index (χ3n) is 9.23. The predicted molar refractivity (Wildman–Crippen MR) is 134 cm³/mol. The van der Waals surface area contributed by atoms with Crippen LogP contribution in [0.25, 0.3) is 0 Å². The predicted octanol–water partition coefficient (Wildman–Crippen LogP) is 8.82. The van der Waals surface area contributed by atoms with Gasteiger partial charge in [0.15, 0.2) is 11.6 Å². The van der Waals surface area contributed by atoms with E-state index in [1.807, 2.05) is 0 Å². The number of unbranched alkanes of at least 4 members (excludes halogenated alkanes) is 2. The summed E-state index contributed by atoms with van der Waals surface area (Å²) in [7, 11) is 0. The average molecular weight is 477 g/mol. The van der Waals surface area contributed by atoms with Crippen molar-refractivity contribution in [3.63, 3.8) is 0 Å². The zero-order valence-corrected chi connectivity index (χ0v) is 21.5. The van der Waals surface area contributed by atoms with Crippen molar-refractivity contribution >= 4 is 0 Å². The molecule has 0 radical (unpaired) electrons. The van der Waals surface area contributed by atoms with E-state index in [1.165, 1.54) is 64.2 Å². The minimum atomic E-state index is -0.830. The number of ether oxygens (including phenoxy) is 2. The molecule has 0 spiro atoms. The van der Waals surface area contributed by atoms with Gasteiger partial charge in [-0.1, -0.05) is 51.5 Å². The molecule has 2 saturated carbocycles. The Labute approximate surface area is 206 Å². The van der Waals surface area contributed by atoms with Gasteiger partial charge in [0, 0.05) is 0 Å². The molecule has 3 fully saturated rings. The van der Waals surface area contributed by atoms with Crippen LogP contribution in [0.15, 0.2) is 12.1 Å². The van der Waals surface area contributed by atoms with Gasteiger partial charge in [0.1, 0.15) is 0 Å². The number of rotatable bonds is 9. The Morgan fingerprint density at radius 1 is 0.794 bits per heavy atom. The van der Waals surface area contributed by atoms with Crippen molar-refractivity contribution in [3.8, 4) is 5.75 Å². The molecular formula is C30H46F2O2. The Morgan fingerprint density at radius 3 is 2.15 bits per heavy atom. The summed E-state index contributed by atoms with van der Waals surface area (Å²) in [6.07, 6.45) is 18.2. The summed E-state index contributed by atoms with van der Waals surface area (Å²) in [4.78, 5) is 0. The Balaban J connectivity index is 1.19. The molecule has 3 aliphatic rings. The van der Waals surface area contributed by atoms with Gasteiger partial charge in [-0.25, -0.2) is 4.39 Å². The van der Waals surface area contributed by atoms with Crippen LogP contribution in [0.4, 0.5) is 8.78 Å². The number of hydrogen-bond acceptors (Lipinski definition) is 2. The number of hydrogen-bond donors (Lipinski definition) is 0. The van der Waals surface area contributed by atoms with Crippen molar-refractivity contribution < 1.29 is 18.3 Å². The van der Waals surface area contributed by atoms with Gasteiger partial charge in [0.05, 0.1) is 19.3 Å². The first-order valence-corrected chi connectivity index (χ1v) is 14.3. The van der Waals surface area contributed by atoms with Gasteiger partial charge in [0.25, 0.3) is 0 Å². The Bertz CT molecular complexity index is 742. The molecule has 1 aromatic carbocycles. The van der Waals surface area contributed by atoms with Gasteiger partial charge in [-0.3, -0.25) is 0 Å². The Morgan fingerprint density at radius 2 is 1.50 bits per heavy atom. The smallest absolute Gasteiger partial charge is 0.200 e. The van der Waals surface area contributed by atoms with E-state index in [4.69, 9.17) is 9.47 Å². The van der Waals surface area contributed by atoms with Crippen molar-refractivity contribution in [2.24, 2.45) is 23.7 Å². The van der Waals surface area contributed by atoms with Crippen molar-refractivity contribution in [1.82, 2.24) is 0 Å². The first-order valence-electron chi connectivity index (χ1n) is 14.3. The molecule has 0 unspecified atom stereocenters. The molecule has 2 atom stereocenters. The highest BCUT2D eigenvalue weighted by molar-refractivity contribution is 5.33. The molecule has 2 nitrogen and oxygen atoms in total. The number of halogens is 2. The van der Waals surface area contributed by atoms with Crippen LogP contribution in [0.5, 0.6) is 5.75 Å². The van der Waals surface area contributed by atoms with Crippen molar-refractivity contribution in [2.45, 2.75) is 116 Å². The van der Waals surface area contributed by atoms with Crippen LogP contribution >= 0.6 is 0 Å². The summed E-state index contributed by atoms with van der Waals surface area (Å²) >= 11 is 0. The monoisotopic (exact) mass is 476 g/mol. The van der Waals surface area contributed by atoms with Crippen LogP contribution in [-0.4, -0.2) is 19.3 Å². The lowest BCUT2D eigenvalue weighted by Crippen LogP contribution is -2.37. The lowest BCUT2D eigenvalue weighted by atomic mass is 9.71. The second-order valence-electron chi connectivity index (χ2n) is 11.3. The third-order valence-corrected chi connectivity index (χ3v) is 9.23. The van der Waals surface area contributed by atoms with E-state index in [-0.39, 0.29) is 11.7 Å². The third kappa shape index (κ3) is 6.33. The molecule has 0 N–H and O–H groups in total. The standard InChI is InChI=1S/C30H46F2O2/c1-3-5-6-7-21-8-10-24(11-9-21)27-18-16-25(20-34-27)22-12-14-23(15-13-22)26-17-19-28(33-4-2)30(32)29(26)31/h17,19,21-25,27H,3-16,18,20H2,1-2H3/t21?,22?,23?,24?,25-,27+/m0/s1. The normalized spacial score (nSPS) is 32.5. The van der Waals surface area contributed by atoms with E-state index in [0.717, 1.165) is 44.1 Å². The van der Waals surface area contributed by atoms with E-state index in [1.54, 1.807) is 19.1 Å². The second kappa shape index (κ2) is 12.7. The maximum Gasteiger partial charge on any atom is 0.200 e. The summed E-state index contributed by atoms with van der Waals surface area (Å²) in [5.74, 6) is 1.65. The largest absolute Gasteiger partial charge is 0.491 e. The average Bonchev–Trinajstić information content (AvgIpc) is 2.88. The minimum absolute atomic E-state index is 0.0244. The fourth-order valence-electron chi connectivity index (χ4n) is 7.10. The molecule has 4 rings (SSSR count). The quantitative estimate of drug-likeness (QED) is 0.331. The fourth-order valence-corrected chi connectivity index (χ4v) is 7.10. The summed E-state index contributed by atoms with van der Waals surface area (Å²) in [5.41, 5.74) is 0.532. The van der Waals surface area contributed by atoms with E-state index in [0.29, 0.717) is 30.1 Å². The molecule has 0 aromatic heterocycles. The molecule has 34 heavy (non-hydrogen) atoms. The van der Waals surface area contributed by atoms with Crippen LogP contribution in [0, 0.1) is 35.3 Å². The molecule has 1 saturated heterocycles. The maximum absolute atomic E-state index is 14.7. The van der Waals surface area contributed by atoms with Gasteiger partial charge in [-0.05, 0) is 99.5 Å². The summed E-state index contributed by atoms with van der Waals surface area (Å²) < 4.78 is 40.7. The van der Waals surface area contributed by atoms with Crippen molar-refractivity contribution in [2.75, 3.05) is 13.2 Å². The highest BCUT2D eigenvalue weighted by Crippen LogP contribution is 2.44. The first kappa shape index (κ1) is 25.9. The zero-order valence-electron chi connectivity index (χ0n) is 21.5. The van der Waals surface area contributed by atoms with E-state index >= 15 is 0 Å². The van der Waals surface area contributed by atoms with Gasteiger partial charge in [-0.2, -0.15) is 4.39 Å². The molecule has 1 heterocycles. The van der Waals surface area contributed by atoms with Gasteiger partial charge in [0.2, 0.25) is 5.82 Å². The van der Waals surface area contributed by atoms with Crippen LogP contribution < -0.4 is 4.74 Å². The first-order chi connectivity index (χ1) is 16.6. The second-order valence-corrected chi connectivity index (χ2v) is 11.3. The molecule has 4 heteroatoms. The lowest BCUT2D eigenvalue weighted by molar-refractivity contribution is -0.0733. The minimum Gasteiger partial charge on any atom is -0.491 e. The SMILES string of the molecule is CCCCCC1CCC([C@H]2CC[C@H](C3CCC(c4ccc(OCC)c(F)c4F)CC3)CO2)CC1. The molecule has 192 valence electrons. The van der Waals surface area contributed by atoms with Crippen LogP contribution in [0.1, 0.15) is 115 Å². The Kier molecular flexibility index (Phi) is 9.68. The van der Waals surface area contributed by atoms with Crippen molar-refractivity contribution in [1.29, 1.82) is 0 Å². The summed E-state index contributed by atoms with van der Waals surface area (Å²) in [5, 5.41) is 0. The van der Waals surface area contributed by atoms with E-state index < -0.39 is 11.6 Å². The fraction of sp³-hybridized carbons (Fsp3) is 0.800. The lowest BCUT2D eigenvalue weighted by Gasteiger charge is -2.41. The van der Waals surface area contributed by atoms with E-state index in [9.17, 15) is 8.78 Å². The highest BCUT2D eigenvalue weighted by Gasteiger charge is 2.36. The molecular weight excluding hydrogens is 430 g/mol. The van der Waals surface area contributed by atoms with Crippen LogP contribution in [-0.2, 0) is 4.74 Å². The molecule has 1 aliphatic heterocycles. The molecule has 2 aliphatic carbocycles. The van der Waals surface area contributed by atoms with Gasteiger partial charge < -0.3 is 9.47 Å². The summed E-state index contributed by atoms with van der Waals surface area (Å²) in [6.45, 7) is 5.32. The van der Waals surface area contributed by atoms with Crippen LogP contribution in [0.3, 0.4) is 0 Å².